The zero-order valence-corrected chi connectivity index (χ0v) is 12.7. The molecule has 0 saturated heterocycles. The largest absolute Gasteiger partial charge is 0.507 e. The molecule has 0 bridgehead atoms. The van der Waals surface area contributed by atoms with Crippen LogP contribution in [0.3, 0.4) is 0 Å². The number of ether oxygens (including phenoxy) is 1. The lowest BCUT2D eigenvalue weighted by atomic mass is 10.2. The number of carboxylic acids is 1. The van der Waals surface area contributed by atoms with Crippen molar-refractivity contribution in [3.8, 4) is 5.75 Å². The number of benzene rings is 1. The Morgan fingerprint density at radius 1 is 1.10 bits per heavy atom. The van der Waals surface area contributed by atoms with E-state index in [2.05, 4.69) is 6.92 Å². The molecule has 0 aliphatic carbocycles. The maximum absolute atomic E-state index is 11.1. The third kappa shape index (κ3) is 9.49. The number of carbonyl (C=O) groups excluding carboxylic acids is 1. The van der Waals surface area contributed by atoms with Gasteiger partial charge in [-0.25, -0.2) is 4.79 Å². The highest BCUT2D eigenvalue weighted by Crippen LogP contribution is 2.16. The summed E-state index contributed by atoms with van der Waals surface area (Å²) in [5.74, 6) is -1.21. The van der Waals surface area contributed by atoms with E-state index in [1.165, 1.54) is 18.6 Å². The van der Waals surface area contributed by atoms with E-state index in [0.717, 1.165) is 19.3 Å². The van der Waals surface area contributed by atoms with Crippen molar-refractivity contribution in [1.82, 2.24) is 0 Å². The second-order valence-electron chi connectivity index (χ2n) is 4.44. The highest BCUT2D eigenvalue weighted by molar-refractivity contribution is 5.92. The number of phenols is 1. The van der Waals surface area contributed by atoms with Gasteiger partial charge in [-0.1, -0.05) is 38.3 Å². The van der Waals surface area contributed by atoms with E-state index in [4.69, 9.17) is 9.84 Å². The smallest absolute Gasteiger partial charge is 0.341 e. The Hall–Kier alpha value is -2.04. The van der Waals surface area contributed by atoms with Crippen LogP contribution in [-0.2, 0) is 9.53 Å². The van der Waals surface area contributed by atoms with E-state index in [9.17, 15) is 14.7 Å². The van der Waals surface area contributed by atoms with Gasteiger partial charge in [0.05, 0.1) is 6.61 Å². The van der Waals surface area contributed by atoms with Crippen LogP contribution in [0, 0.1) is 0 Å². The molecule has 0 amide bonds. The molecule has 0 radical (unpaired) electrons. The Labute approximate surface area is 125 Å². The lowest BCUT2D eigenvalue weighted by Gasteiger charge is -2.02. The van der Waals surface area contributed by atoms with Crippen LogP contribution in [0.1, 0.15) is 56.3 Å². The first kappa shape index (κ1) is 19.0. The van der Waals surface area contributed by atoms with Crippen LogP contribution in [0.5, 0.6) is 5.75 Å². The molecule has 0 saturated carbocycles. The van der Waals surface area contributed by atoms with Crippen molar-refractivity contribution in [2.24, 2.45) is 0 Å². The fraction of sp³-hybridized carbons (Fsp3) is 0.500. The summed E-state index contributed by atoms with van der Waals surface area (Å²) in [6.07, 6.45) is 4.55. The summed E-state index contributed by atoms with van der Waals surface area (Å²) >= 11 is 0. The summed E-state index contributed by atoms with van der Waals surface area (Å²) in [6, 6.07) is 6.30. The Kier molecular flexibility index (Phi) is 10.6. The number of aromatic hydroxyl groups is 1. The lowest BCUT2D eigenvalue weighted by molar-refractivity contribution is -0.137. The SMILES string of the molecule is CCCCCCC(=O)O.CCOC(=O)c1ccccc1O. The molecule has 1 aromatic carbocycles. The Morgan fingerprint density at radius 3 is 2.29 bits per heavy atom. The summed E-state index contributed by atoms with van der Waals surface area (Å²) in [5.41, 5.74) is 0.208. The van der Waals surface area contributed by atoms with Crippen molar-refractivity contribution in [3.05, 3.63) is 29.8 Å². The van der Waals surface area contributed by atoms with Crippen LogP contribution in [0.25, 0.3) is 0 Å². The third-order valence-corrected chi connectivity index (χ3v) is 2.64. The number of phenolic OH excluding ortho intramolecular Hbond substituents is 1. The first-order chi connectivity index (χ1) is 10.0. The molecule has 0 fully saturated rings. The highest BCUT2D eigenvalue weighted by Gasteiger charge is 2.09. The summed E-state index contributed by atoms with van der Waals surface area (Å²) in [6.45, 7) is 4.14. The average molecular weight is 296 g/mol. The quantitative estimate of drug-likeness (QED) is 0.593. The monoisotopic (exact) mass is 296 g/mol. The van der Waals surface area contributed by atoms with Crippen molar-refractivity contribution in [2.45, 2.75) is 46.0 Å². The van der Waals surface area contributed by atoms with E-state index in [0.29, 0.717) is 13.0 Å². The molecule has 21 heavy (non-hydrogen) atoms. The molecular weight excluding hydrogens is 272 g/mol. The van der Waals surface area contributed by atoms with Gasteiger partial charge in [-0.15, -0.1) is 0 Å². The highest BCUT2D eigenvalue weighted by atomic mass is 16.5. The van der Waals surface area contributed by atoms with Crippen LogP contribution in [0.2, 0.25) is 0 Å². The van der Waals surface area contributed by atoms with Gasteiger partial charge in [0, 0.05) is 6.42 Å². The first-order valence-electron chi connectivity index (χ1n) is 7.19. The number of unbranched alkanes of at least 4 members (excludes halogenated alkanes) is 3. The molecular formula is C16H24O5. The summed E-state index contributed by atoms with van der Waals surface area (Å²) in [7, 11) is 0. The molecule has 0 spiro atoms. The van der Waals surface area contributed by atoms with Crippen molar-refractivity contribution in [1.29, 1.82) is 0 Å². The molecule has 1 aromatic rings. The minimum atomic E-state index is -0.675. The normalized spacial score (nSPS) is 9.43. The van der Waals surface area contributed by atoms with Gasteiger partial charge in [0.2, 0.25) is 0 Å². The zero-order valence-electron chi connectivity index (χ0n) is 12.7. The molecule has 2 N–H and O–H groups in total. The number of hydrogen-bond acceptors (Lipinski definition) is 4. The average Bonchev–Trinajstić information content (AvgIpc) is 2.45. The standard InChI is InChI=1S/C9H10O3.C7H14O2/c1-2-12-9(11)7-5-3-4-6-8(7)10;1-2-3-4-5-6-7(8)9/h3-6,10H,2H2,1H3;2-6H2,1H3,(H,8,9). The van der Waals surface area contributed by atoms with Gasteiger partial charge >= 0.3 is 11.9 Å². The second-order valence-corrected chi connectivity index (χ2v) is 4.44. The number of aliphatic carboxylic acids is 1. The Morgan fingerprint density at radius 2 is 1.76 bits per heavy atom. The third-order valence-electron chi connectivity index (χ3n) is 2.64. The fourth-order valence-corrected chi connectivity index (χ4v) is 1.56. The maximum atomic E-state index is 11.1. The lowest BCUT2D eigenvalue weighted by Crippen LogP contribution is -2.04. The predicted molar refractivity (Wildman–Crippen MR) is 80.5 cm³/mol. The van der Waals surface area contributed by atoms with Crippen LogP contribution in [-0.4, -0.2) is 28.8 Å². The van der Waals surface area contributed by atoms with E-state index in [-0.39, 0.29) is 11.3 Å². The van der Waals surface area contributed by atoms with E-state index in [1.54, 1.807) is 19.1 Å². The van der Waals surface area contributed by atoms with Gasteiger partial charge in [-0.2, -0.15) is 0 Å². The predicted octanol–water partition coefficient (Wildman–Crippen LogP) is 3.61. The van der Waals surface area contributed by atoms with Gasteiger partial charge in [0.25, 0.3) is 0 Å². The molecule has 0 heterocycles. The van der Waals surface area contributed by atoms with Crippen LogP contribution in [0.4, 0.5) is 0 Å². The maximum Gasteiger partial charge on any atom is 0.341 e. The van der Waals surface area contributed by atoms with Crippen LogP contribution >= 0.6 is 0 Å². The first-order valence-corrected chi connectivity index (χ1v) is 7.19. The molecule has 118 valence electrons. The van der Waals surface area contributed by atoms with E-state index >= 15 is 0 Å². The fourth-order valence-electron chi connectivity index (χ4n) is 1.56. The van der Waals surface area contributed by atoms with Gasteiger partial charge in [-0.05, 0) is 25.5 Å². The van der Waals surface area contributed by atoms with E-state index < -0.39 is 11.9 Å². The molecule has 5 nitrogen and oxygen atoms in total. The van der Waals surface area contributed by atoms with Crippen molar-refractivity contribution < 1.29 is 24.5 Å². The zero-order chi connectivity index (χ0) is 16.1. The van der Waals surface area contributed by atoms with Crippen molar-refractivity contribution in [2.75, 3.05) is 6.61 Å². The summed E-state index contributed by atoms with van der Waals surface area (Å²) in [5, 5.41) is 17.4. The number of rotatable bonds is 7. The van der Waals surface area contributed by atoms with Crippen LogP contribution in [0.15, 0.2) is 24.3 Å². The Bertz CT molecular complexity index is 428. The Balaban J connectivity index is 0.000000400. The van der Waals surface area contributed by atoms with Crippen molar-refractivity contribution in [3.63, 3.8) is 0 Å². The summed E-state index contributed by atoms with van der Waals surface area (Å²) in [4.78, 5) is 21.0. The van der Waals surface area contributed by atoms with Crippen LogP contribution < -0.4 is 0 Å². The topological polar surface area (TPSA) is 83.8 Å². The molecule has 1 rings (SSSR count). The molecule has 0 aliphatic rings. The number of esters is 1. The molecule has 5 heteroatoms. The molecule has 0 aromatic heterocycles. The number of hydrogen-bond donors (Lipinski definition) is 2. The molecule has 0 atom stereocenters. The number of para-hydroxylation sites is 1. The summed E-state index contributed by atoms with van der Waals surface area (Å²) < 4.78 is 4.71. The number of carboxylic acid groups (broad SMARTS) is 1. The van der Waals surface area contributed by atoms with Gasteiger partial charge in [0.1, 0.15) is 11.3 Å². The minimum absolute atomic E-state index is 0.0454. The van der Waals surface area contributed by atoms with Gasteiger partial charge in [0.15, 0.2) is 0 Å². The minimum Gasteiger partial charge on any atom is -0.507 e. The van der Waals surface area contributed by atoms with E-state index in [1.807, 2.05) is 0 Å². The van der Waals surface area contributed by atoms with Gasteiger partial charge < -0.3 is 14.9 Å². The van der Waals surface area contributed by atoms with Gasteiger partial charge in [-0.3, -0.25) is 4.79 Å². The van der Waals surface area contributed by atoms with Crippen molar-refractivity contribution >= 4 is 11.9 Å². The number of carbonyl (C=O) groups is 2. The molecule has 0 unspecified atom stereocenters. The molecule has 0 aliphatic heterocycles. The second kappa shape index (κ2) is 11.8.